The first-order valence-corrected chi connectivity index (χ1v) is 27.2. The predicted octanol–water partition coefficient (Wildman–Crippen LogP) is 17.7. The normalized spacial score (nSPS) is 12.0. The van der Waals surface area contributed by atoms with Gasteiger partial charge in [0.1, 0.15) is 13.2 Å². The zero-order valence-electron chi connectivity index (χ0n) is 41.8. The summed E-state index contributed by atoms with van der Waals surface area (Å²) in [5.74, 6) is 0.810. The number of ether oxygens (including phenoxy) is 3. The van der Waals surface area contributed by atoms with Crippen molar-refractivity contribution < 1.29 is 28.6 Å². The molecule has 61 heavy (non-hydrogen) atoms. The first kappa shape index (κ1) is 59.4. The Morgan fingerprint density at radius 3 is 0.803 bits per heavy atom. The third kappa shape index (κ3) is 49.3. The lowest BCUT2D eigenvalue weighted by molar-refractivity contribution is -0.167. The highest BCUT2D eigenvalue weighted by atomic mass is 16.6. The van der Waals surface area contributed by atoms with Gasteiger partial charge in [0.2, 0.25) is 0 Å². The molecule has 6 nitrogen and oxygen atoms in total. The van der Waals surface area contributed by atoms with E-state index in [0.29, 0.717) is 19.3 Å². The number of esters is 3. The van der Waals surface area contributed by atoms with Gasteiger partial charge in [-0.05, 0) is 31.1 Å². The lowest BCUT2D eigenvalue weighted by Crippen LogP contribution is -2.30. The highest BCUT2D eigenvalue weighted by molar-refractivity contribution is 5.71. The Hall–Kier alpha value is -1.59. The Morgan fingerprint density at radius 1 is 0.311 bits per heavy atom. The van der Waals surface area contributed by atoms with E-state index in [2.05, 4.69) is 34.6 Å². The monoisotopic (exact) mass is 863 g/mol. The van der Waals surface area contributed by atoms with Crippen LogP contribution >= 0.6 is 0 Å². The fourth-order valence-electron chi connectivity index (χ4n) is 8.34. The topological polar surface area (TPSA) is 78.9 Å². The Labute approximate surface area is 380 Å². The zero-order chi connectivity index (χ0) is 44.7. The summed E-state index contributed by atoms with van der Waals surface area (Å²) in [5.41, 5.74) is 0. The van der Waals surface area contributed by atoms with Gasteiger partial charge in [-0.15, -0.1) is 0 Å². The Morgan fingerprint density at radius 2 is 0.541 bits per heavy atom. The molecule has 0 saturated carbocycles. The molecule has 1 atom stereocenters. The molecule has 0 radical (unpaired) electrons. The van der Waals surface area contributed by atoms with Gasteiger partial charge in [-0.1, -0.05) is 266 Å². The fraction of sp³-hybridized carbons (Fsp3) is 0.945. The standard InChI is InChI=1S/C55H106O6/c1-6-7-8-9-10-11-12-16-20-25-30-35-40-45-53(56)59-48-52(61-55(58)47-42-37-32-27-22-24-29-34-39-44-51(4)5)49-60-54(57)46-41-36-31-26-21-18-15-13-14-17-19-23-28-33-38-43-50(2)3/h50-52H,6-49H2,1-5H3/t52-/m0/s1. The SMILES string of the molecule is CCCCCCCCCCCCCCCC(=O)OC[C@@H](COC(=O)CCCCCCCCCCCCCCCCCC(C)C)OC(=O)CCCCCCCCCCCC(C)C. The minimum absolute atomic E-state index is 0.0634. The van der Waals surface area contributed by atoms with E-state index in [4.69, 9.17) is 14.2 Å². The van der Waals surface area contributed by atoms with Crippen LogP contribution in [0.25, 0.3) is 0 Å². The van der Waals surface area contributed by atoms with E-state index in [1.54, 1.807) is 0 Å². The second-order valence-electron chi connectivity index (χ2n) is 19.8. The number of rotatable bonds is 49. The summed E-state index contributed by atoms with van der Waals surface area (Å²) in [4.78, 5) is 38.0. The number of carbonyl (C=O) groups is 3. The average Bonchev–Trinajstić information content (AvgIpc) is 3.23. The maximum atomic E-state index is 12.8. The van der Waals surface area contributed by atoms with Crippen molar-refractivity contribution in [2.45, 2.75) is 310 Å². The van der Waals surface area contributed by atoms with Crippen molar-refractivity contribution in [2.24, 2.45) is 11.8 Å². The molecule has 0 aliphatic carbocycles. The number of hydrogen-bond donors (Lipinski definition) is 0. The minimum Gasteiger partial charge on any atom is -0.462 e. The molecule has 0 spiro atoms. The molecule has 0 heterocycles. The third-order valence-corrected chi connectivity index (χ3v) is 12.5. The first-order valence-electron chi connectivity index (χ1n) is 27.2. The van der Waals surface area contributed by atoms with Gasteiger partial charge < -0.3 is 14.2 Å². The molecule has 0 bridgehead atoms. The van der Waals surface area contributed by atoms with Crippen molar-refractivity contribution in [3.05, 3.63) is 0 Å². The maximum Gasteiger partial charge on any atom is 0.306 e. The molecule has 0 saturated heterocycles. The quantitative estimate of drug-likeness (QED) is 0.0344. The van der Waals surface area contributed by atoms with Gasteiger partial charge in [0.05, 0.1) is 0 Å². The van der Waals surface area contributed by atoms with Crippen LogP contribution in [0.1, 0.15) is 304 Å². The lowest BCUT2D eigenvalue weighted by atomic mass is 10.0. The Bertz CT molecular complexity index is 931. The van der Waals surface area contributed by atoms with Gasteiger partial charge in [-0.2, -0.15) is 0 Å². The van der Waals surface area contributed by atoms with Crippen molar-refractivity contribution in [3.8, 4) is 0 Å². The Balaban J connectivity index is 4.27. The van der Waals surface area contributed by atoms with E-state index in [1.807, 2.05) is 0 Å². The summed E-state index contributed by atoms with van der Waals surface area (Å²) >= 11 is 0. The van der Waals surface area contributed by atoms with Crippen molar-refractivity contribution in [1.82, 2.24) is 0 Å². The van der Waals surface area contributed by atoms with Crippen LogP contribution < -0.4 is 0 Å². The highest BCUT2D eigenvalue weighted by Crippen LogP contribution is 2.18. The van der Waals surface area contributed by atoms with Crippen LogP contribution in [0, 0.1) is 11.8 Å². The molecule has 0 aliphatic heterocycles. The van der Waals surface area contributed by atoms with Gasteiger partial charge in [-0.25, -0.2) is 0 Å². The van der Waals surface area contributed by atoms with E-state index in [-0.39, 0.29) is 31.1 Å². The van der Waals surface area contributed by atoms with Crippen molar-refractivity contribution in [2.75, 3.05) is 13.2 Å². The zero-order valence-corrected chi connectivity index (χ0v) is 41.8. The molecule has 362 valence electrons. The van der Waals surface area contributed by atoms with Crippen LogP contribution in [0.2, 0.25) is 0 Å². The highest BCUT2D eigenvalue weighted by Gasteiger charge is 2.19. The molecule has 0 aromatic heterocycles. The third-order valence-electron chi connectivity index (χ3n) is 12.5. The van der Waals surface area contributed by atoms with Crippen LogP contribution in [0.15, 0.2) is 0 Å². The van der Waals surface area contributed by atoms with Gasteiger partial charge in [0.25, 0.3) is 0 Å². The maximum absolute atomic E-state index is 12.8. The summed E-state index contributed by atoms with van der Waals surface area (Å²) < 4.78 is 16.8. The van der Waals surface area contributed by atoms with Crippen LogP contribution in [-0.2, 0) is 28.6 Å². The molecular formula is C55H106O6. The molecule has 0 rings (SSSR count). The van der Waals surface area contributed by atoms with Crippen LogP contribution in [0.4, 0.5) is 0 Å². The number of unbranched alkanes of at least 4 members (excludes halogenated alkanes) is 34. The van der Waals surface area contributed by atoms with E-state index in [0.717, 1.165) is 69.6 Å². The van der Waals surface area contributed by atoms with Crippen molar-refractivity contribution in [1.29, 1.82) is 0 Å². The molecule has 0 amide bonds. The van der Waals surface area contributed by atoms with Gasteiger partial charge in [0, 0.05) is 19.3 Å². The van der Waals surface area contributed by atoms with Crippen molar-refractivity contribution in [3.63, 3.8) is 0 Å². The molecule has 0 aromatic carbocycles. The fourth-order valence-corrected chi connectivity index (χ4v) is 8.34. The molecule has 0 fully saturated rings. The first-order chi connectivity index (χ1) is 29.7. The Kier molecular flexibility index (Phi) is 46.6. The molecule has 6 heteroatoms. The second kappa shape index (κ2) is 47.9. The van der Waals surface area contributed by atoms with Gasteiger partial charge in [0.15, 0.2) is 6.10 Å². The molecule has 0 N–H and O–H groups in total. The molecular weight excluding hydrogens is 757 g/mol. The summed E-state index contributed by atoms with van der Waals surface area (Å²) in [6.45, 7) is 11.4. The van der Waals surface area contributed by atoms with E-state index < -0.39 is 6.10 Å². The molecule has 0 aromatic rings. The summed E-state index contributed by atoms with van der Waals surface area (Å²) in [5, 5.41) is 0. The lowest BCUT2D eigenvalue weighted by Gasteiger charge is -2.18. The van der Waals surface area contributed by atoms with E-state index in [1.165, 1.54) is 193 Å². The summed E-state index contributed by atoms with van der Waals surface area (Å²) in [6, 6.07) is 0. The van der Waals surface area contributed by atoms with E-state index >= 15 is 0 Å². The van der Waals surface area contributed by atoms with Crippen LogP contribution in [-0.4, -0.2) is 37.2 Å². The average molecular weight is 863 g/mol. The second-order valence-corrected chi connectivity index (χ2v) is 19.8. The van der Waals surface area contributed by atoms with Crippen molar-refractivity contribution >= 4 is 17.9 Å². The largest absolute Gasteiger partial charge is 0.462 e. The van der Waals surface area contributed by atoms with Gasteiger partial charge in [-0.3, -0.25) is 14.4 Å². The molecule has 0 aliphatic rings. The summed E-state index contributed by atoms with van der Waals surface area (Å²) in [7, 11) is 0. The molecule has 0 unspecified atom stereocenters. The minimum atomic E-state index is -0.762. The van der Waals surface area contributed by atoms with Gasteiger partial charge >= 0.3 is 17.9 Å². The predicted molar refractivity (Wildman–Crippen MR) is 261 cm³/mol. The number of carbonyl (C=O) groups excluding carboxylic acids is 3. The smallest absolute Gasteiger partial charge is 0.306 e. The van der Waals surface area contributed by atoms with Crippen LogP contribution in [0.3, 0.4) is 0 Å². The van der Waals surface area contributed by atoms with Crippen LogP contribution in [0.5, 0.6) is 0 Å². The number of hydrogen-bond acceptors (Lipinski definition) is 6. The summed E-state index contributed by atoms with van der Waals surface area (Å²) in [6.07, 6.45) is 49.5. The van der Waals surface area contributed by atoms with E-state index in [9.17, 15) is 14.4 Å².